The van der Waals surface area contributed by atoms with Crippen molar-refractivity contribution in [1.82, 2.24) is 0 Å². The molecule has 2 nitrogen and oxygen atoms in total. The first-order valence-corrected chi connectivity index (χ1v) is 10.7. The molecule has 27 heavy (non-hydrogen) atoms. The van der Waals surface area contributed by atoms with Gasteiger partial charge in [0.2, 0.25) is 0 Å². The Morgan fingerprint density at radius 3 is 2.04 bits per heavy atom. The van der Waals surface area contributed by atoms with Crippen molar-refractivity contribution < 1.29 is 34.1 Å². The Labute approximate surface area is 158 Å². The van der Waals surface area contributed by atoms with Gasteiger partial charge in [0.05, 0.1) is 0 Å². The van der Waals surface area contributed by atoms with Crippen LogP contribution in [0, 0.1) is 3.57 Å². The van der Waals surface area contributed by atoms with Crippen LogP contribution < -0.4 is 0 Å². The van der Waals surface area contributed by atoms with Gasteiger partial charge in [0, 0.05) is 0 Å². The van der Waals surface area contributed by atoms with Crippen molar-refractivity contribution in [2.45, 2.75) is 18.0 Å². The minimum atomic E-state index is -5.65. The van der Waals surface area contributed by atoms with Crippen LogP contribution >= 0.6 is 20.2 Å². The summed E-state index contributed by atoms with van der Waals surface area (Å²) < 4.78 is 93.1. The third-order valence-electron chi connectivity index (χ3n) is 3.93. The zero-order valence-electron chi connectivity index (χ0n) is 13.7. The fourth-order valence-corrected chi connectivity index (χ4v) is 7.64. The van der Waals surface area contributed by atoms with Crippen molar-refractivity contribution in [3.05, 3.63) is 73.4 Å². The summed E-state index contributed by atoms with van der Waals surface area (Å²) in [6, 6.07) is 13.0. The summed E-state index contributed by atoms with van der Waals surface area (Å²) in [6.45, 7) is 0. The Kier molecular flexibility index (Phi) is 5.19. The van der Waals surface area contributed by atoms with Crippen molar-refractivity contribution >= 4 is 26.0 Å². The van der Waals surface area contributed by atoms with Gasteiger partial charge < -0.3 is 0 Å². The zero-order valence-corrected chi connectivity index (χ0v) is 15.9. The van der Waals surface area contributed by atoms with Crippen LogP contribution in [0.25, 0.3) is 5.76 Å². The van der Waals surface area contributed by atoms with E-state index in [1.54, 1.807) is 30.3 Å². The van der Waals surface area contributed by atoms with Crippen LogP contribution in [0.1, 0.15) is 11.1 Å². The molecule has 0 N–H and O–H groups in total. The van der Waals surface area contributed by atoms with Gasteiger partial charge in [0.1, 0.15) is 0 Å². The molecule has 2 aromatic carbocycles. The number of rotatable bonds is 3. The molecule has 0 spiro atoms. The van der Waals surface area contributed by atoms with Gasteiger partial charge in [-0.15, -0.1) is 0 Å². The van der Waals surface area contributed by atoms with E-state index in [1.807, 2.05) is 0 Å². The van der Waals surface area contributed by atoms with E-state index in [-0.39, 0.29) is 9.33 Å². The van der Waals surface area contributed by atoms with Gasteiger partial charge in [0.15, 0.2) is 0 Å². The third-order valence-corrected chi connectivity index (χ3v) is 8.28. The first-order chi connectivity index (χ1) is 12.6. The molecule has 9 heteroatoms. The van der Waals surface area contributed by atoms with Crippen LogP contribution in [0.15, 0.2) is 58.7 Å². The summed E-state index contributed by atoms with van der Waals surface area (Å²) in [6.07, 6.45) is -11.3. The Morgan fingerprint density at radius 1 is 0.926 bits per heavy atom. The number of methoxy groups -OCH3 is 1. The summed E-state index contributed by atoms with van der Waals surface area (Å²) in [5.74, 6) is 0.177. The number of alkyl halides is 6. The van der Waals surface area contributed by atoms with Crippen molar-refractivity contribution in [3.63, 3.8) is 0 Å². The average molecular weight is 502 g/mol. The predicted octanol–water partition coefficient (Wildman–Crippen LogP) is 6.27. The van der Waals surface area contributed by atoms with E-state index in [1.165, 1.54) is 23.3 Å². The van der Waals surface area contributed by atoms with E-state index in [9.17, 15) is 26.3 Å². The molecule has 1 heterocycles. The van der Waals surface area contributed by atoms with Crippen LogP contribution in [-0.2, 0) is 13.4 Å². The van der Waals surface area contributed by atoms with Crippen molar-refractivity contribution in [2.75, 3.05) is 7.11 Å². The number of hydrogen-bond donors (Lipinski definition) is 0. The number of fused-ring (bicyclic) bond motifs is 1. The molecule has 146 valence electrons. The SMILES string of the molecule is CO/C(=C/I1OC(C(F)(F)F)(C(F)(F)F)c2ccccc21)c1ccccc1. The predicted molar refractivity (Wildman–Crippen MR) is 95.5 cm³/mol. The van der Waals surface area contributed by atoms with E-state index in [0.717, 1.165) is 12.1 Å². The third kappa shape index (κ3) is 3.31. The second kappa shape index (κ2) is 7.01. The average Bonchev–Trinajstić information content (AvgIpc) is 2.96. The second-order valence-corrected chi connectivity index (χ2v) is 9.35. The van der Waals surface area contributed by atoms with Crippen LogP contribution in [-0.4, -0.2) is 19.5 Å². The molecule has 0 saturated carbocycles. The molecule has 1 aliphatic rings. The molecule has 0 radical (unpaired) electrons. The van der Waals surface area contributed by atoms with E-state index in [0.29, 0.717) is 5.56 Å². The molecule has 0 amide bonds. The van der Waals surface area contributed by atoms with Crippen LogP contribution in [0.4, 0.5) is 26.3 Å². The maximum absolute atomic E-state index is 13.6. The maximum atomic E-state index is 13.6. The van der Waals surface area contributed by atoms with Crippen molar-refractivity contribution in [3.8, 4) is 0 Å². The number of halogens is 7. The van der Waals surface area contributed by atoms with Crippen molar-refractivity contribution in [1.29, 1.82) is 0 Å². The summed E-state index contributed by atoms with van der Waals surface area (Å²) in [4.78, 5) is 0. The Morgan fingerprint density at radius 2 is 1.48 bits per heavy atom. The minimum absolute atomic E-state index is 0.0539. The van der Waals surface area contributed by atoms with Gasteiger partial charge in [-0.25, -0.2) is 0 Å². The molecular formula is C18H13F6IO2. The first-order valence-electron chi connectivity index (χ1n) is 7.54. The van der Waals surface area contributed by atoms with Crippen LogP contribution in [0.3, 0.4) is 0 Å². The van der Waals surface area contributed by atoms with Gasteiger partial charge in [-0.05, 0) is 0 Å². The summed E-state index contributed by atoms with van der Waals surface area (Å²) in [5.41, 5.74) is -4.68. The van der Waals surface area contributed by atoms with Crippen LogP contribution in [0.5, 0.6) is 0 Å². The number of hydrogen-bond acceptors (Lipinski definition) is 2. The molecule has 0 saturated heterocycles. The Bertz CT molecular complexity index is 831. The molecule has 0 fully saturated rings. The first kappa shape index (κ1) is 20.0. The molecule has 2 aromatic rings. The molecule has 3 rings (SSSR count). The van der Waals surface area contributed by atoms with E-state index in [2.05, 4.69) is 0 Å². The van der Waals surface area contributed by atoms with Crippen molar-refractivity contribution in [2.24, 2.45) is 0 Å². The molecule has 0 aromatic heterocycles. The fraction of sp³-hybridized carbons (Fsp3) is 0.222. The van der Waals surface area contributed by atoms with Gasteiger partial charge in [-0.1, -0.05) is 0 Å². The second-order valence-electron chi connectivity index (χ2n) is 5.55. The Hall–Kier alpha value is -1.75. The summed E-state index contributed by atoms with van der Waals surface area (Å²) in [7, 11) is 1.30. The number of ether oxygens (including phenoxy) is 1. The fourth-order valence-electron chi connectivity index (χ4n) is 2.67. The number of benzene rings is 2. The standard InChI is InChI=1S/C18H13F6IO2/c1-26-15(12-7-3-2-4-8-12)11-25-14-10-6-5-9-13(14)16(27-25,17(19,20)21)18(22,23)24/h2-11H,1H3/b15-11+. The Balaban J connectivity index is 2.17. The van der Waals surface area contributed by atoms with Gasteiger partial charge >= 0.3 is 159 Å². The molecule has 0 unspecified atom stereocenters. The van der Waals surface area contributed by atoms with Gasteiger partial charge in [-0.2, -0.15) is 0 Å². The van der Waals surface area contributed by atoms with E-state index < -0.39 is 43.8 Å². The molecule has 1 aliphatic heterocycles. The van der Waals surface area contributed by atoms with Gasteiger partial charge in [-0.3, -0.25) is 0 Å². The molecule has 0 atom stereocenters. The van der Waals surface area contributed by atoms with E-state index >= 15 is 0 Å². The molecular weight excluding hydrogens is 489 g/mol. The summed E-state index contributed by atoms with van der Waals surface area (Å²) >= 11 is -3.49. The molecule has 0 bridgehead atoms. The quantitative estimate of drug-likeness (QED) is 0.280. The van der Waals surface area contributed by atoms with E-state index in [4.69, 9.17) is 7.80 Å². The van der Waals surface area contributed by atoms with Gasteiger partial charge in [0.25, 0.3) is 0 Å². The zero-order chi connectivity index (χ0) is 19.9. The molecule has 0 aliphatic carbocycles. The normalized spacial score (nSPS) is 18.3. The topological polar surface area (TPSA) is 18.5 Å². The monoisotopic (exact) mass is 502 g/mol. The van der Waals surface area contributed by atoms with Crippen LogP contribution in [0.2, 0.25) is 0 Å². The summed E-state index contributed by atoms with van der Waals surface area (Å²) in [5, 5.41) is 0.